The van der Waals surface area contributed by atoms with Gasteiger partial charge in [-0.3, -0.25) is 0 Å². The van der Waals surface area contributed by atoms with Gasteiger partial charge in [0.15, 0.2) is 37.7 Å². The van der Waals surface area contributed by atoms with E-state index in [-0.39, 0.29) is 35.7 Å². The maximum atomic E-state index is 13.0. The molecule has 0 bridgehead atoms. The summed E-state index contributed by atoms with van der Waals surface area (Å²) in [6.07, 6.45) is -37.7. The van der Waals surface area contributed by atoms with Gasteiger partial charge in [0, 0.05) is 0 Å². The SMILES string of the molecule is CC(C)=CCC[C@](C)(O[C@@H]1O[C@H](CO[C@@H]2O[C@@H](CO[C@@H]3OC[C@@H](O)[C@H](O)[C@H]3O)[C@H](O)[C@H]2O)[C@@H](O)[C@H](O)[C@H]1O)[C@H]1CC[C@]2(C)[C@@H]1[C@H](O)C[C@@H]1[C@@]3(C)CCC(O[C@@H]4O[C@H](CO)[C@@H](O)[C@H](O)[C@H]4O[C@@H]4O[C@H](CO)[C@@H](O)[C@H](O)[C@H]4O[C@@H]4OC[C@@H](O)[C@H](O)[C@H]4O)C(C)(C)[C@@H]3CC[C@]12C. The van der Waals surface area contributed by atoms with Gasteiger partial charge < -0.3 is 149 Å². The minimum Gasteiger partial charge on any atom is -0.394 e. The van der Waals surface area contributed by atoms with Crippen LogP contribution in [-0.2, 0) is 56.8 Å². The highest BCUT2D eigenvalue weighted by Gasteiger charge is 2.72. The van der Waals surface area contributed by atoms with Crippen molar-refractivity contribution in [2.45, 2.75) is 297 Å². The lowest BCUT2D eigenvalue weighted by Crippen LogP contribution is -2.68. The van der Waals surface area contributed by atoms with Gasteiger partial charge in [-0.05, 0) is 124 Å². The minimum atomic E-state index is -1.90. The average molecular weight is 1340 g/mol. The van der Waals surface area contributed by atoms with Crippen molar-refractivity contribution in [1.29, 1.82) is 0 Å². The first kappa shape index (κ1) is 74.2. The molecule has 0 aromatic carbocycles. The third kappa shape index (κ3) is 13.7. The molecule has 30 nitrogen and oxygen atoms in total. The quantitative estimate of drug-likeness (QED) is 0.0403. The van der Waals surface area contributed by atoms with Crippen LogP contribution in [0.25, 0.3) is 0 Å². The Balaban J connectivity index is 0.837. The number of aliphatic hydroxyl groups is 18. The molecule has 0 amide bonds. The van der Waals surface area contributed by atoms with Crippen LogP contribution in [0.1, 0.15) is 113 Å². The molecule has 6 heterocycles. The number of hydrogen-bond acceptors (Lipinski definition) is 30. The normalized spacial score (nSPS) is 53.1. The fourth-order valence-electron chi connectivity index (χ4n) is 18.3. The van der Waals surface area contributed by atoms with Crippen molar-refractivity contribution in [3.63, 3.8) is 0 Å². The maximum Gasteiger partial charge on any atom is 0.187 e. The predicted octanol–water partition coefficient (Wildman–Crippen LogP) is -4.64. The highest BCUT2D eigenvalue weighted by atomic mass is 16.8. The molecule has 4 saturated carbocycles. The zero-order valence-electron chi connectivity index (χ0n) is 54.2. The molecule has 30 heteroatoms. The maximum absolute atomic E-state index is 13.0. The van der Waals surface area contributed by atoms with E-state index in [2.05, 4.69) is 40.7 Å². The van der Waals surface area contributed by atoms with Crippen molar-refractivity contribution in [2.24, 2.45) is 45.3 Å². The number of ether oxygens (including phenoxy) is 12. The summed E-state index contributed by atoms with van der Waals surface area (Å²) in [5, 5.41) is 197. The van der Waals surface area contributed by atoms with Crippen molar-refractivity contribution in [2.75, 3.05) is 39.6 Å². The molecular formula is C63H106O30. The third-order valence-electron chi connectivity index (χ3n) is 24.0. The van der Waals surface area contributed by atoms with Gasteiger partial charge in [-0.1, -0.05) is 46.3 Å². The predicted molar refractivity (Wildman–Crippen MR) is 313 cm³/mol. The number of rotatable bonds is 20. The van der Waals surface area contributed by atoms with Gasteiger partial charge in [-0.15, -0.1) is 0 Å². The molecular weight excluding hydrogens is 1240 g/mol. The van der Waals surface area contributed by atoms with E-state index < -0.39 is 233 Å². The summed E-state index contributed by atoms with van der Waals surface area (Å²) in [6.45, 7) is 13.7. The van der Waals surface area contributed by atoms with Crippen LogP contribution in [0.5, 0.6) is 0 Å². The van der Waals surface area contributed by atoms with Crippen molar-refractivity contribution >= 4 is 0 Å². The molecule has 18 N–H and O–H groups in total. The lowest BCUT2D eigenvalue weighted by atomic mass is 9.35. The lowest BCUT2D eigenvalue weighted by molar-refractivity contribution is -0.395. The molecule has 10 aliphatic rings. The Morgan fingerprint density at radius 1 is 0.473 bits per heavy atom. The Morgan fingerprint density at radius 3 is 1.53 bits per heavy atom. The molecule has 538 valence electrons. The van der Waals surface area contributed by atoms with Crippen molar-refractivity contribution in [1.82, 2.24) is 0 Å². The first-order chi connectivity index (χ1) is 43.7. The molecule has 0 spiro atoms. The standard InChI is InChI=1S/C63H106O30/c1-25(2)10-9-14-63(8,93-56-50(81)44(75)42(73)32(89-56)24-85-54-49(80)43(74)33(88-54)23-84-53-47(78)38(69)28(67)21-82-53)26-11-16-62(7)37(26)27(66)18-35-60(5)15-13-36(59(3,4)34(60)12-17-61(35,62)6)90-57-51(45(76)40(71)30(19-64)86-57)92-58-52(46(77)41(72)31(20-65)87-58)91-55-48(79)39(70)29(68)22-83-55/h10,26-58,64-81H,9,11-24H2,1-8H3/t26-,27+,28+,29+,30+,31+,32+,33-,34-,35+,36?,37-,38-,39-,40+,41+,42+,43-,44-,45-,46-,47+,48+,49+,50+,51+,52+,53-,54+,55-,56-,57-,58-,60-,61+,62+,63-/m0/s1. The van der Waals surface area contributed by atoms with Crippen molar-refractivity contribution in [3.05, 3.63) is 11.6 Å². The average Bonchev–Trinajstić information content (AvgIpc) is 1.67. The molecule has 6 saturated heterocycles. The van der Waals surface area contributed by atoms with Gasteiger partial charge >= 0.3 is 0 Å². The van der Waals surface area contributed by atoms with Gasteiger partial charge in [0.25, 0.3) is 0 Å². The summed E-state index contributed by atoms with van der Waals surface area (Å²) in [7, 11) is 0. The Morgan fingerprint density at radius 2 is 0.946 bits per heavy atom. The molecule has 0 aromatic heterocycles. The van der Waals surface area contributed by atoms with Gasteiger partial charge in [0.05, 0.1) is 57.5 Å². The molecule has 93 heavy (non-hydrogen) atoms. The molecule has 4 aliphatic carbocycles. The summed E-state index contributed by atoms with van der Waals surface area (Å²) in [5.41, 5.74) is -1.95. The van der Waals surface area contributed by atoms with E-state index in [1.165, 1.54) is 0 Å². The topological polar surface area (TPSA) is 475 Å². The fraction of sp³-hybridized carbons (Fsp3) is 0.968. The first-order valence-electron chi connectivity index (χ1n) is 33.1. The summed E-state index contributed by atoms with van der Waals surface area (Å²) in [5.74, 6) is -0.714. The highest BCUT2D eigenvalue weighted by molar-refractivity contribution is 5.21. The lowest BCUT2D eigenvalue weighted by Gasteiger charge is -2.71. The van der Waals surface area contributed by atoms with Crippen molar-refractivity contribution < 1.29 is 149 Å². The molecule has 10 fully saturated rings. The third-order valence-corrected chi connectivity index (χ3v) is 24.0. The summed E-state index contributed by atoms with van der Waals surface area (Å²) in [4.78, 5) is 0. The fourth-order valence-corrected chi connectivity index (χ4v) is 18.3. The Bertz CT molecular complexity index is 2480. The van der Waals surface area contributed by atoms with Crippen LogP contribution in [0.2, 0.25) is 0 Å². The Hall–Kier alpha value is -1.46. The molecule has 37 atom stereocenters. The molecule has 1 unspecified atom stereocenters. The van der Waals surface area contributed by atoms with E-state index in [9.17, 15) is 91.9 Å². The number of allylic oxidation sites excluding steroid dienone is 2. The second-order valence-electron chi connectivity index (χ2n) is 30.0. The molecule has 10 rings (SSSR count). The summed E-state index contributed by atoms with van der Waals surface area (Å²) < 4.78 is 72.4. The van der Waals surface area contributed by atoms with Crippen LogP contribution >= 0.6 is 0 Å². The van der Waals surface area contributed by atoms with Crippen LogP contribution < -0.4 is 0 Å². The second-order valence-corrected chi connectivity index (χ2v) is 30.0. The van der Waals surface area contributed by atoms with E-state index in [0.717, 1.165) is 18.4 Å². The molecule has 6 aliphatic heterocycles. The van der Waals surface area contributed by atoms with Gasteiger partial charge in [0.2, 0.25) is 0 Å². The van der Waals surface area contributed by atoms with E-state index in [0.29, 0.717) is 44.9 Å². The summed E-state index contributed by atoms with van der Waals surface area (Å²) in [6, 6.07) is 0. The number of fused-ring (bicyclic) bond motifs is 5. The molecule has 0 radical (unpaired) electrons. The van der Waals surface area contributed by atoms with E-state index >= 15 is 0 Å². The Labute approximate surface area is 540 Å². The van der Waals surface area contributed by atoms with Crippen LogP contribution in [0.15, 0.2) is 11.6 Å². The van der Waals surface area contributed by atoms with Gasteiger partial charge in [-0.2, -0.15) is 0 Å². The monoisotopic (exact) mass is 1340 g/mol. The second kappa shape index (κ2) is 28.9. The summed E-state index contributed by atoms with van der Waals surface area (Å²) >= 11 is 0. The van der Waals surface area contributed by atoms with Gasteiger partial charge in [0.1, 0.15) is 128 Å². The van der Waals surface area contributed by atoms with Gasteiger partial charge in [-0.25, -0.2) is 0 Å². The smallest absolute Gasteiger partial charge is 0.187 e. The largest absolute Gasteiger partial charge is 0.394 e. The Kier molecular flexibility index (Phi) is 23.1. The molecule has 0 aromatic rings. The zero-order valence-corrected chi connectivity index (χ0v) is 54.2. The van der Waals surface area contributed by atoms with E-state index in [4.69, 9.17) is 56.8 Å². The number of hydrogen-bond donors (Lipinski definition) is 18. The number of aliphatic hydroxyl groups excluding tert-OH is 18. The van der Waals surface area contributed by atoms with Crippen LogP contribution in [0.4, 0.5) is 0 Å². The zero-order chi connectivity index (χ0) is 67.9. The minimum absolute atomic E-state index is 0.0257. The highest BCUT2D eigenvalue weighted by Crippen LogP contribution is 2.76. The van der Waals surface area contributed by atoms with Crippen LogP contribution in [-0.4, -0.2) is 315 Å². The first-order valence-corrected chi connectivity index (χ1v) is 33.1. The van der Waals surface area contributed by atoms with Crippen LogP contribution in [0.3, 0.4) is 0 Å². The van der Waals surface area contributed by atoms with E-state index in [1.807, 2.05) is 20.8 Å². The van der Waals surface area contributed by atoms with Crippen molar-refractivity contribution in [3.8, 4) is 0 Å². The van der Waals surface area contributed by atoms with E-state index in [1.54, 1.807) is 0 Å². The van der Waals surface area contributed by atoms with Crippen LogP contribution in [0, 0.1) is 45.3 Å².